The van der Waals surface area contributed by atoms with Gasteiger partial charge in [0.1, 0.15) is 0 Å². The normalized spacial score (nSPS) is 32.4. The van der Waals surface area contributed by atoms with Crippen molar-refractivity contribution in [2.75, 3.05) is 0 Å². The number of fused-ring (bicyclic) bond motifs is 3. The molecule has 1 aromatic carbocycles. The minimum absolute atomic E-state index is 0.0775. The van der Waals surface area contributed by atoms with Gasteiger partial charge in [-0.05, 0) is 55.2 Å². The lowest BCUT2D eigenvalue weighted by Gasteiger charge is -2.53. The Bertz CT molecular complexity index is 767. The van der Waals surface area contributed by atoms with Crippen molar-refractivity contribution in [1.29, 1.82) is 0 Å². The number of ketones is 1. The molecule has 3 rings (SSSR count). The molecule has 5 heteroatoms. The Morgan fingerprint density at radius 1 is 1.20 bits per heavy atom. The van der Waals surface area contributed by atoms with Crippen molar-refractivity contribution in [1.82, 2.24) is 0 Å². The minimum Gasteiger partial charge on any atom is -0.481 e. The second-order valence-electron chi connectivity index (χ2n) is 8.04. The Labute approximate surface area is 147 Å². The Kier molecular flexibility index (Phi) is 4.01. The number of carboxylic acid groups (broad SMARTS) is 2. The third-order valence-electron chi connectivity index (χ3n) is 6.64. The van der Waals surface area contributed by atoms with Crippen molar-refractivity contribution >= 4 is 17.7 Å². The van der Waals surface area contributed by atoms with Gasteiger partial charge in [-0.3, -0.25) is 14.4 Å². The monoisotopic (exact) mass is 344 g/mol. The topological polar surface area (TPSA) is 91.7 Å². The summed E-state index contributed by atoms with van der Waals surface area (Å²) in [6.45, 7) is 5.42. The van der Waals surface area contributed by atoms with Gasteiger partial charge < -0.3 is 10.2 Å². The molecule has 0 radical (unpaired) electrons. The predicted molar refractivity (Wildman–Crippen MR) is 91.9 cm³/mol. The molecule has 25 heavy (non-hydrogen) atoms. The van der Waals surface area contributed by atoms with Gasteiger partial charge in [0.25, 0.3) is 0 Å². The number of benzene rings is 1. The van der Waals surface area contributed by atoms with E-state index >= 15 is 0 Å². The number of hydrogen-bond donors (Lipinski definition) is 2. The second-order valence-corrected chi connectivity index (χ2v) is 8.04. The van der Waals surface area contributed by atoms with Crippen LogP contribution >= 0.6 is 0 Å². The molecule has 1 saturated carbocycles. The molecule has 2 aliphatic carbocycles. The summed E-state index contributed by atoms with van der Waals surface area (Å²) in [4.78, 5) is 36.0. The standard InChI is InChI=1S/C20H24O5/c1-11(17(22)23)12-5-6-14-13(9-12)15(21)10-16-19(14,2)7-4-8-20(16,3)18(24)25/h5-6,9,11,16H,4,7-8,10H2,1-3H3,(H,22,23)(H,24,25)/t11?,16-,19-,20-/m1/s1. The van der Waals surface area contributed by atoms with E-state index in [1.807, 2.05) is 6.07 Å². The summed E-state index contributed by atoms with van der Waals surface area (Å²) in [5.74, 6) is -2.77. The zero-order chi connectivity index (χ0) is 18.6. The Hall–Kier alpha value is -2.17. The average Bonchev–Trinajstić information content (AvgIpc) is 2.56. The van der Waals surface area contributed by atoms with E-state index in [2.05, 4.69) is 6.92 Å². The summed E-state index contributed by atoms with van der Waals surface area (Å²) in [5.41, 5.74) is 0.771. The Balaban J connectivity index is 2.13. The van der Waals surface area contributed by atoms with E-state index in [0.717, 1.165) is 18.4 Å². The summed E-state index contributed by atoms with van der Waals surface area (Å²) in [5, 5.41) is 19.0. The van der Waals surface area contributed by atoms with E-state index in [0.29, 0.717) is 17.5 Å². The van der Waals surface area contributed by atoms with Crippen LogP contribution in [0, 0.1) is 11.3 Å². The van der Waals surface area contributed by atoms with E-state index in [1.54, 1.807) is 26.0 Å². The van der Waals surface area contributed by atoms with Crippen LogP contribution in [0.5, 0.6) is 0 Å². The smallest absolute Gasteiger partial charge is 0.310 e. The summed E-state index contributed by atoms with van der Waals surface area (Å²) in [7, 11) is 0. The number of aliphatic carboxylic acids is 2. The SMILES string of the molecule is CC(C(=O)O)c1ccc2c(c1)C(=O)C[C@H]1[C@](C)(C(=O)O)CCC[C@]21C. The fourth-order valence-electron chi connectivity index (χ4n) is 4.90. The quantitative estimate of drug-likeness (QED) is 0.874. The third-order valence-corrected chi connectivity index (χ3v) is 6.64. The van der Waals surface area contributed by atoms with Crippen molar-refractivity contribution in [3.05, 3.63) is 34.9 Å². The van der Waals surface area contributed by atoms with Crippen LogP contribution in [0.15, 0.2) is 18.2 Å². The van der Waals surface area contributed by atoms with Gasteiger partial charge in [0.2, 0.25) is 0 Å². The molecule has 2 aliphatic rings. The van der Waals surface area contributed by atoms with Gasteiger partial charge in [0.15, 0.2) is 5.78 Å². The summed E-state index contributed by atoms with van der Waals surface area (Å²) >= 11 is 0. The van der Waals surface area contributed by atoms with Crippen LogP contribution in [0.3, 0.4) is 0 Å². The van der Waals surface area contributed by atoms with Crippen LogP contribution in [-0.4, -0.2) is 27.9 Å². The minimum atomic E-state index is -0.927. The number of Topliss-reactive ketones (excluding diaryl/α,β-unsaturated/α-hetero) is 1. The highest BCUT2D eigenvalue weighted by Gasteiger charge is 2.56. The molecule has 1 aromatic rings. The molecule has 2 N–H and O–H groups in total. The molecule has 0 aromatic heterocycles. The Morgan fingerprint density at radius 3 is 2.48 bits per heavy atom. The second kappa shape index (κ2) is 5.68. The number of carbonyl (C=O) groups excluding carboxylic acids is 1. The molecule has 5 nitrogen and oxygen atoms in total. The molecule has 0 heterocycles. The molecule has 0 spiro atoms. The number of carbonyl (C=O) groups is 3. The molecule has 0 saturated heterocycles. The Morgan fingerprint density at radius 2 is 1.88 bits per heavy atom. The van der Waals surface area contributed by atoms with Crippen LogP contribution in [0.25, 0.3) is 0 Å². The van der Waals surface area contributed by atoms with Crippen molar-refractivity contribution in [3.8, 4) is 0 Å². The molecular formula is C20H24O5. The first-order valence-electron chi connectivity index (χ1n) is 8.75. The summed E-state index contributed by atoms with van der Waals surface area (Å²) in [6, 6.07) is 5.32. The summed E-state index contributed by atoms with van der Waals surface area (Å²) < 4.78 is 0. The molecule has 1 fully saturated rings. The van der Waals surface area contributed by atoms with Crippen molar-refractivity contribution in [2.45, 2.75) is 57.8 Å². The fourth-order valence-corrected chi connectivity index (χ4v) is 4.90. The van der Waals surface area contributed by atoms with Crippen LogP contribution < -0.4 is 0 Å². The van der Waals surface area contributed by atoms with Gasteiger partial charge in [0, 0.05) is 12.0 Å². The lowest BCUT2D eigenvalue weighted by molar-refractivity contribution is -0.156. The third kappa shape index (κ3) is 2.48. The highest BCUT2D eigenvalue weighted by atomic mass is 16.4. The van der Waals surface area contributed by atoms with Crippen LogP contribution in [0.1, 0.15) is 73.9 Å². The van der Waals surface area contributed by atoms with Crippen LogP contribution in [0.2, 0.25) is 0 Å². The number of rotatable bonds is 3. The maximum absolute atomic E-state index is 12.8. The van der Waals surface area contributed by atoms with Crippen molar-refractivity contribution in [2.24, 2.45) is 11.3 Å². The van der Waals surface area contributed by atoms with E-state index in [4.69, 9.17) is 0 Å². The zero-order valence-corrected chi connectivity index (χ0v) is 14.8. The molecule has 1 unspecified atom stereocenters. The number of carboxylic acids is 2. The van der Waals surface area contributed by atoms with E-state index in [-0.39, 0.29) is 23.5 Å². The van der Waals surface area contributed by atoms with E-state index < -0.39 is 23.3 Å². The number of hydrogen-bond acceptors (Lipinski definition) is 3. The molecule has 0 aliphatic heterocycles. The summed E-state index contributed by atoms with van der Waals surface area (Å²) in [6.07, 6.45) is 2.43. The van der Waals surface area contributed by atoms with Gasteiger partial charge in [0.05, 0.1) is 11.3 Å². The molecule has 4 atom stereocenters. The van der Waals surface area contributed by atoms with Crippen molar-refractivity contribution in [3.63, 3.8) is 0 Å². The zero-order valence-electron chi connectivity index (χ0n) is 14.8. The average molecular weight is 344 g/mol. The molecular weight excluding hydrogens is 320 g/mol. The fraction of sp³-hybridized carbons (Fsp3) is 0.550. The molecule has 0 bridgehead atoms. The maximum atomic E-state index is 12.8. The predicted octanol–water partition coefficient (Wildman–Crippen LogP) is 3.61. The van der Waals surface area contributed by atoms with Gasteiger partial charge in [-0.1, -0.05) is 25.5 Å². The van der Waals surface area contributed by atoms with Gasteiger partial charge in [-0.2, -0.15) is 0 Å². The highest BCUT2D eigenvalue weighted by molar-refractivity contribution is 6.00. The first-order chi connectivity index (χ1) is 11.6. The van der Waals surface area contributed by atoms with Crippen LogP contribution in [-0.2, 0) is 15.0 Å². The lowest BCUT2D eigenvalue weighted by Crippen LogP contribution is -2.53. The van der Waals surface area contributed by atoms with E-state index in [1.165, 1.54) is 0 Å². The van der Waals surface area contributed by atoms with E-state index in [9.17, 15) is 24.6 Å². The molecule has 134 valence electrons. The largest absolute Gasteiger partial charge is 0.481 e. The lowest BCUT2D eigenvalue weighted by atomic mass is 9.49. The first-order valence-corrected chi connectivity index (χ1v) is 8.75. The first kappa shape index (κ1) is 17.6. The van der Waals surface area contributed by atoms with Gasteiger partial charge in [-0.25, -0.2) is 0 Å². The van der Waals surface area contributed by atoms with Crippen molar-refractivity contribution < 1.29 is 24.6 Å². The highest BCUT2D eigenvalue weighted by Crippen LogP contribution is 2.57. The molecule has 0 amide bonds. The van der Waals surface area contributed by atoms with Crippen LogP contribution in [0.4, 0.5) is 0 Å². The maximum Gasteiger partial charge on any atom is 0.310 e. The van der Waals surface area contributed by atoms with Gasteiger partial charge >= 0.3 is 11.9 Å². The van der Waals surface area contributed by atoms with Gasteiger partial charge in [-0.15, -0.1) is 0 Å².